The number of carbonyl (C=O) groups excluding carboxylic acids is 2. The van der Waals surface area contributed by atoms with Gasteiger partial charge in [-0.2, -0.15) is 0 Å². The lowest BCUT2D eigenvalue weighted by molar-refractivity contribution is -0.117. The average molecular weight is 368 g/mol. The predicted octanol–water partition coefficient (Wildman–Crippen LogP) is 0.239. The monoisotopic (exact) mass is 368 g/mol. The Labute approximate surface area is 155 Å². The molecule has 0 unspecified atom stereocenters. The number of hydrogen-bond acceptors (Lipinski definition) is 6. The first-order valence-electron chi connectivity index (χ1n) is 8.75. The summed E-state index contributed by atoms with van der Waals surface area (Å²) in [6, 6.07) is 3.25. The van der Waals surface area contributed by atoms with Gasteiger partial charge in [0.15, 0.2) is 0 Å². The van der Waals surface area contributed by atoms with Crippen LogP contribution in [0.4, 0.5) is 5.95 Å². The SMILES string of the molecule is C=CC(=O)N[C@@H]1COC[C@@H]1Nc1nccc(-c2cc3c([nH]2)CCNC3=O)n1. The molecule has 27 heavy (non-hydrogen) atoms. The Kier molecular flexibility index (Phi) is 4.59. The molecule has 1 fully saturated rings. The van der Waals surface area contributed by atoms with E-state index >= 15 is 0 Å². The van der Waals surface area contributed by atoms with Crippen LogP contribution in [0.5, 0.6) is 0 Å². The number of anilines is 1. The number of H-pyrrole nitrogens is 1. The number of carbonyl (C=O) groups is 2. The van der Waals surface area contributed by atoms with Crippen molar-refractivity contribution in [3.05, 3.63) is 42.2 Å². The Morgan fingerprint density at radius 1 is 1.37 bits per heavy atom. The number of ether oxygens (including phenoxy) is 1. The summed E-state index contributed by atoms with van der Waals surface area (Å²) < 4.78 is 5.45. The van der Waals surface area contributed by atoms with Crippen LogP contribution in [0, 0.1) is 0 Å². The van der Waals surface area contributed by atoms with E-state index in [0.29, 0.717) is 37.0 Å². The molecule has 9 nitrogen and oxygen atoms in total. The zero-order chi connectivity index (χ0) is 18.8. The molecule has 2 amide bonds. The number of fused-ring (bicyclic) bond motifs is 1. The summed E-state index contributed by atoms with van der Waals surface area (Å²) in [7, 11) is 0. The molecule has 1 saturated heterocycles. The topological polar surface area (TPSA) is 121 Å². The third kappa shape index (κ3) is 3.54. The minimum atomic E-state index is -0.248. The van der Waals surface area contributed by atoms with E-state index in [1.165, 1.54) is 6.08 Å². The third-order valence-corrected chi connectivity index (χ3v) is 4.64. The molecule has 4 heterocycles. The van der Waals surface area contributed by atoms with E-state index < -0.39 is 0 Å². The lowest BCUT2D eigenvalue weighted by Crippen LogP contribution is -2.45. The first-order valence-corrected chi connectivity index (χ1v) is 8.75. The van der Waals surface area contributed by atoms with Crippen LogP contribution in [0.15, 0.2) is 31.0 Å². The average Bonchev–Trinajstić information content (AvgIpc) is 3.30. The molecule has 0 aromatic carbocycles. The Bertz CT molecular complexity index is 893. The molecule has 0 saturated carbocycles. The minimum absolute atomic E-state index is 0.0740. The van der Waals surface area contributed by atoms with Crippen LogP contribution in [-0.4, -0.2) is 58.6 Å². The molecule has 0 aliphatic carbocycles. The zero-order valence-corrected chi connectivity index (χ0v) is 14.6. The van der Waals surface area contributed by atoms with Gasteiger partial charge in [0.05, 0.1) is 42.2 Å². The molecule has 2 atom stereocenters. The maximum absolute atomic E-state index is 11.9. The molecule has 2 aromatic rings. The van der Waals surface area contributed by atoms with Crippen LogP contribution in [-0.2, 0) is 16.0 Å². The van der Waals surface area contributed by atoms with Crippen LogP contribution >= 0.6 is 0 Å². The van der Waals surface area contributed by atoms with Gasteiger partial charge in [-0.05, 0) is 18.2 Å². The fourth-order valence-corrected chi connectivity index (χ4v) is 3.26. The molecule has 0 radical (unpaired) electrons. The highest BCUT2D eigenvalue weighted by Crippen LogP contribution is 2.23. The standard InChI is InChI=1S/C18H20N6O3/c1-2-16(25)22-14-8-27-9-15(14)24-18-20-6-4-12(23-18)13-7-10-11(21-13)3-5-19-17(10)26/h2,4,6-7,14-15,21H,1,3,5,8-9H2,(H,19,26)(H,22,25)(H,20,23,24)/t14-,15+/m1/s1. The van der Waals surface area contributed by atoms with Crippen LogP contribution in [0.25, 0.3) is 11.4 Å². The Morgan fingerprint density at radius 3 is 3.04 bits per heavy atom. The van der Waals surface area contributed by atoms with Gasteiger partial charge in [0.1, 0.15) is 0 Å². The zero-order valence-electron chi connectivity index (χ0n) is 14.6. The van der Waals surface area contributed by atoms with Crippen molar-refractivity contribution in [3.8, 4) is 11.4 Å². The van der Waals surface area contributed by atoms with Crippen LogP contribution < -0.4 is 16.0 Å². The number of rotatable bonds is 5. The van der Waals surface area contributed by atoms with Gasteiger partial charge in [0, 0.05) is 24.9 Å². The molecular weight excluding hydrogens is 348 g/mol. The molecule has 4 N–H and O–H groups in total. The Hall–Kier alpha value is -3.20. The Morgan fingerprint density at radius 2 is 2.22 bits per heavy atom. The summed E-state index contributed by atoms with van der Waals surface area (Å²) in [5.74, 6) is 0.107. The lowest BCUT2D eigenvalue weighted by Gasteiger charge is -2.19. The van der Waals surface area contributed by atoms with E-state index in [9.17, 15) is 9.59 Å². The van der Waals surface area contributed by atoms with E-state index in [0.717, 1.165) is 17.8 Å². The van der Waals surface area contributed by atoms with Gasteiger partial charge in [0.25, 0.3) is 5.91 Å². The minimum Gasteiger partial charge on any atom is -0.377 e. The summed E-state index contributed by atoms with van der Waals surface area (Å²) in [5.41, 5.74) is 3.01. The van der Waals surface area contributed by atoms with Crippen molar-refractivity contribution in [2.45, 2.75) is 18.5 Å². The van der Waals surface area contributed by atoms with Crippen molar-refractivity contribution in [2.75, 3.05) is 25.1 Å². The van der Waals surface area contributed by atoms with Gasteiger partial charge in [-0.15, -0.1) is 0 Å². The van der Waals surface area contributed by atoms with Crippen LogP contribution in [0.2, 0.25) is 0 Å². The quantitative estimate of drug-likeness (QED) is 0.561. The summed E-state index contributed by atoms with van der Waals surface area (Å²) >= 11 is 0. The molecular formula is C18H20N6O3. The number of nitrogens with zero attached hydrogens (tertiary/aromatic N) is 2. The normalized spacial score (nSPS) is 21.3. The maximum atomic E-state index is 11.9. The van der Waals surface area contributed by atoms with Crippen molar-refractivity contribution < 1.29 is 14.3 Å². The first kappa shape index (κ1) is 17.2. The van der Waals surface area contributed by atoms with Gasteiger partial charge in [0.2, 0.25) is 11.9 Å². The van der Waals surface area contributed by atoms with Gasteiger partial charge in [-0.3, -0.25) is 9.59 Å². The van der Waals surface area contributed by atoms with Crippen LogP contribution in [0.3, 0.4) is 0 Å². The van der Waals surface area contributed by atoms with Crippen molar-refractivity contribution in [3.63, 3.8) is 0 Å². The van der Waals surface area contributed by atoms with E-state index in [4.69, 9.17) is 4.74 Å². The molecule has 0 spiro atoms. The third-order valence-electron chi connectivity index (χ3n) is 4.64. The second-order valence-corrected chi connectivity index (χ2v) is 6.45. The fraction of sp³-hybridized carbons (Fsp3) is 0.333. The fourth-order valence-electron chi connectivity index (χ4n) is 3.26. The lowest BCUT2D eigenvalue weighted by atomic mass is 10.1. The van der Waals surface area contributed by atoms with E-state index in [1.54, 1.807) is 12.3 Å². The van der Waals surface area contributed by atoms with E-state index in [-0.39, 0.29) is 23.9 Å². The highest BCUT2D eigenvalue weighted by atomic mass is 16.5. The van der Waals surface area contributed by atoms with Gasteiger partial charge >= 0.3 is 0 Å². The molecule has 4 rings (SSSR count). The van der Waals surface area contributed by atoms with Crippen molar-refractivity contribution in [2.24, 2.45) is 0 Å². The number of aromatic amines is 1. The smallest absolute Gasteiger partial charge is 0.253 e. The van der Waals surface area contributed by atoms with Crippen LogP contribution in [0.1, 0.15) is 16.1 Å². The molecule has 2 aliphatic heterocycles. The predicted molar refractivity (Wildman–Crippen MR) is 98.2 cm³/mol. The van der Waals surface area contributed by atoms with Gasteiger partial charge < -0.3 is 25.7 Å². The summed E-state index contributed by atoms with van der Waals surface area (Å²) in [6.07, 6.45) is 3.65. The molecule has 0 bridgehead atoms. The largest absolute Gasteiger partial charge is 0.377 e. The Balaban J connectivity index is 1.52. The summed E-state index contributed by atoms with van der Waals surface area (Å²) in [4.78, 5) is 35.6. The van der Waals surface area contributed by atoms with Crippen molar-refractivity contribution in [1.82, 2.24) is 25.6 Å². The molecule has 2 aromatic heterocycles. The highest BCUT2D eigenvalue weighted by Gasteiger charge is 2.29. The second kappa shape index (κ2) is 7.20. The highest BCUT2D eigenvalue weighted by molar-refractivity contribution is 5.97. The van der Waals surface area contributed by atoms with E-state index in [1.807, 2.05) is 6.07 Å². The van der Waals surface area contributed by atoms with Gasteiger partial charge in [-0.1, -0.05) is 6.58 Å². The maximum Gasteiger partial charge on any atom is 0.253 e. The summed E-state index contributed by atoms with van der Waals surface area (Å²) in [6.45, 7) is 4.94. The molecule has 140 valence electrons. The van der Waals surface area contributed by atoms with Gasteiger partial charge in [-0.25, -0.2) is 9.97 Å². The van der Waals surface area contributed by atoms with Crippen molar-refractivity contribution in [1.29, 1.82) is 0 Å². The van der Waals surface area contributed by atoms with Crippen molar-refractivity contribution >= 4 is 17.8 Å². The second-order valence-electron chi connectivity index (χ2n) is 6.45. The number of aromatic nitrogens is 3. The number of nitrogens with one attached hydrogen (secondary N) is 4. The first-order chi connectivity index (χ1) is 13.1. The summed E-state index contributed by atoms with van der Waals surface area (Å²) in [5, 5.41) is 8.87. The number of amides is 2. The molecule has 9 heteroatoms. The number of hydrogen-bond donors (Lipinski definition) is 4. The van der Waals surface area contributed by atoms with E-state index in [2.05, 4.69) is 37.5 Å². The molecule has 2 aliphatic rings.